The van der Waals surface area contributed by atoms with Crippen LogP contribution in [0.4, 0.5) is 5.69 Å². The average molecular weight is 340 g/mol. The zero-order valence-corrected chi connectivity index (χ0v) is 14.9. The quantitative estimate of drug-likeness (QED) is 0.839. The summed E-state index contributed by atoms with van der Waals surface area (Å²) in [5.41, 5.74) is 3.39. The van der Waals surface area contributed by atoms with Crippen molar-refractivity contribution in [2.75, 3.05) is 25.5 Å². The summed E-state index contributed by atoms with van der Waals surface area (Å²) in [6.07, 6.45) is 1.64. The molecule has 0 N–H and O–H groups in total. The second kappa shape index (κ2) is 6.62. The van der Waals surface area contributed by atoms with Gasteiger partial charge in [0.05, 0.1) is 16.6 Å². The summed E-state index contributed by atoms with van der Waals surface area (Å²) in [6, 6.07) is 7.52. The monoisotopic (exact) mass is 340 g/mol. The van der Waals surface area contributed by atoms with Crippen LogP contribution in [-0.4, -0.2) is 36.4 Å². The zero-order valence-electron chi connectivity index (χ0n) is 14.1. The number of nitrogens with zero attached hydrogens (tertiary/aromatic N) is 4. The lowest BCUT2D eigenvalue weighted by Crippen LogP contribution is -2.29. The Hall–Kier alpha value is -2.39. The van der Waals surface area contributed by atoms with Gasteiger partial charge in [0.2, 0.25) is 0 Å². The third-order valence-electron chi connectivity index (χ3n) is 4.22. The maximum atomic E-state index is 12.9. The molecule has 1 aromatic carbocycles. The number of anilines is 1. The molecular formula is C18H20N4OS. The second-order valence-electron chi connectivity index (χ2n) is 6.15. The first-order valence-electron chi connectivity index (χ1n) is 7.94. The minimum Gasteiger partial charge on any atom is -0.377 e. The van der Waals surface area contributed by atoms with E-state index in [0.29, 0.717) is 12.1 Å². The number of benzene rings is 1. The number of fused-ring (bicyclic) bond motifs is 1. The van der Waals surface area contributed by atoms with Gasteiger partial charge >= 0.3 is 0 Å². The standard InChI is InChI=1S/C18H20N4OS/c1-12-11-24-16(20-12)8-5-9-22-15(10-19)13-6-4-7-14(21(2)3)17(13)18(22)23/h4,6-7,11,15H,5,8-9H2,1-3H3. The number of carbonyl (C=O) groups excluding carboxylic acids is 1. The largest absolute Gasteiger partial charge is 0.377 e. The highest BCUT2D eigenvalue weighted by molar-refractivity contribution is 7.09. The molecule has 0 spiro atoms. The molecule has 1 aliphatic rings. The van der Waals surface area contributed by atoms with E-state index >= 15 is 0 Å². The van der Waals surface area contributed by atoms with Gasteiger partial charge in [0, 0.05) is 49.4 Å². The van der Waals surface area contributed by atoms with Crippen LogP contribution in [0.1, 0.15) is 39.1 Å². The Kier molecular flexibility index (Phi) is 4.54. The van der Waals surface area contributed by atoms with Crippen molar-refractivity contribution in [2.45, 2.75) is 25.8 Å². The van der Waals surface area contributed by atoms with E-state index in [9.17, 15) is 10.1 Å². The Morgan fingerprint density at radius 1 is 1.42 bits per heavy atom. The Morgan fingerprint density at radius 2 is 2.21 bits per heavy atom. The predicted molar refractivity (Wildman–Crippen MR) is 95.3 cm³/mol. The number of aryl methyl sites for hydroxylation is 2. The van der Waals surface area contributed by atoms with Gasteiger partial charge in [-0.05, 0) is 19.4 Å². The van der Waals surface area contributed by atoms with Crippen LogP contribution >= 0.6 is 11.3 Å². The van der Waals surface area contributed by atoms with Gasteiger partial charge in [-0.3, -0.25) is 4.79 Å². The maximum absolute atomic E-state index is 12.9. The van der Waals surface area contributed by atoms with Crippen LogP contribution in [0.3, 0.4) is 0 Å². The van der Waals surface area contributed by atoms with Crippen molar-refractivity contribution in [1.29, 1.82) is 5.26 Å². The number of aromatic nitrogens is 1. The Labute approximate surface area is 146 Å². The minimum atomic E-state index is -0.495. The summed E-state index contributed by atoms with van der Waals surface area (Å²) < 4.78 is 0. The van der Waals surface area contributed by atoms with Crippen LogP contribution < -0.4 is 4.90 Å². The molecule has 5 nitrogen and oxygen atoms in total. The predicted octanol–water partition coefficient (Wildman–Crippen LogP) is 3.17. The molecule has 3 rings (SSSR count). The molecule has 0 bridgehead atoms. The Morgan fingerprint density at radius 3 is 2.83 bits per heavy atom. The van der Waals surface area contributed by atoms with E-state index in [4.69, 9.17) is 0 Å². The van der Waals surface area contributed by atoms with Crippen molar-refractivity contribution in [1.82, 2.24) is 9.88 Å². The summed E-state index contributed by atoms with van der Waals surface area (Å²) in [4.78, 5) is 20.9. The summed E-state index contributed by atoms with van der Waals surface area (Å²) in [6.45, 7) is 2.55. The summed E-state index contributed by atoms with van der Waals surface area (Å²) in [5, 5.41) is 12.7. The van der Waals surface area contributed by atoms with Gasteiger partial charge in [-0.2, -0.15) is 5.26 Å². The zero-order chi connectivity index (χ0) is 17.3. The highest BCUT2D eigenvalue weighted by atomic mass is 32.1. The first-order chi connectivity index (χ1) is 11.5. The molecule has 1 unspecified atom stereocenters. The second-order valence-corrected chi connectivity index (χ2v) is 7.09. The molecule has 2 heterocycles. The molecular weight excluding hydrogens is 320 g/mol. The van der Waals surface area contributed by atoms with Crippen molar-refractivity contribution in [2.24, 2.45) is 0 Å². The van der Waals surface area contributed by atoms with E-state index in [1.807, 2.05) is 49.5 Å². The fourth-order valence-corrected chi connectivity index (χ4v) is 3.93. The number of amides is 1. The van der Waals surface area contributed by atoms with E-state index in [2.05, 4.69) is 11.1 Å². The lowest BCUT2D eigenvalue weighted by Gasteiger charge is -2.19. The summed E-state index contributed by atoms with van der Waals surface area (Å²) in [7, 11) is 3.83. The lowest BCUT2D eigenvalue weighted by atomic mass is 10.0. The number of hydrogen-bond acceptors (Lipinski definition) is 5. The van der Waals surface area contributed by atoms with E-state index in [1.165, 1.54) is 0 Å². The van der Waals surface area contributed by atoms with Gasteiger partial charge < -0.3 is 9.80 Å². The number of hydrogen-bond donors (Lipinski definition) is 0. The number of carbonyl (C=O) groups is 1. The van der Waals surface area contributed by atoms with Gasteiger partial charge in [-0.15, -0.1) is 11.3 Å². The first-order valence-corrected chi connectivity index (χ1v) is 8.82. The molecule has 2 aromatic rings. The molecule has 6 heteroatoms. The van der Waals surface area contributed by atoms with Crippen LogP contribution in [0.2, 0.25) is 0 Å². The molecule has 1 atom stereocenters. The molecule has 1 amide bonds. The van der Waals surface area contributed by atoms with Gasteiger partial charge in [-0.1, -0.05) is 12.1 Å². The topological polar surface area (TPSA) is 60.2 Å². The molecule has 0 aliphatic carbocycles. The SMILES string of the molecule is Cc1csc(CCCN2C(=O)c3c(cccc3N(C)C)C2C#N)n1. The maximum Gasteiger partial charge on any atom is 0.257 e. The van der Waals surface area contributed by atoms with Crippen molar-refractivity contribution in [3.05, 3.63) is 45.4 Å². The number of rotatable bonds is 5. The molecule has 0 saturated carbocycles. The first kappa shape index (κ1) is 16.5. The number of thiazole rings is 1. The molecule has 1 aliphatic heterocycles. The van der Waals surface area contributed by atoms with Crippen molar-refractivity contribution < 1.29 is 4.79 Å². The molecule has 0 saturated heterocycles. The van der Waals surface area contributed by atoms with E-state index < -0.39 is 6.04 Å². The third-order valence-corrected chi connectivity index (χ3v) is 5.24. The smallest absolute Gasteiger partial charge is 0.257 e. The fraction of sp³-hybridized carbons (Fsp3) is 0.389. The minimum absolute atomic E-state index is 0.0452. The van der Waals surface area contributed by atoms with Crippen molar-refractivity contribution >= 4 is 22.9 Å². The Balaban J connectivity index is 1.78. The normalized spacial score (nSPS) is 16.2. The van der Waals surface area contributed by atoms with Crippen LogP contribution in [-0.2, 0) is 6.42 Å². The van der Waals surface area contributed by atoms with Gasteiger partial charge in [-0.25, -0.2) is 4.98 Å². The van der Waals surface area contributed by atoms with Gasteiger partial charge in [0.25, 0.3) is 5.91 Å². The average Bonchev–Trinajstić information content (AvgIpc) is 3.09. The fourth-order valence-electron chi connectivity index (χ4n) is 3.11. The van der Waals surface area contributed by atoms with Crippen LogP contribution in [0.15, 0.2) is 23.6 Å². The summed E-state index contributed by atoms with van der Waals surface area (Å²) >= 11 is 1.65. The van der Waals surface area contributed by atoms with E-state index in [0.717, 1.165) is 34.8 Å². The van der Waals surface area contributed by atoms with Gasteiger partial charge in [0.15, 0.2) is 0 Å². The molecule has 124 valence electrons. The van der Waals surface area contributed by atoms with Gasteiger partial charge in [0.1, 0.15) is 6.04 Å². The third kappa shape index (κ3) is 2.87. The van der Waals surface area contributed by atoms with Crippen molar-refractivity contribution in [3.63, 3.8) is 0 Å². The lowest BCUT2D eigenvalue weighted by molar-refractivity contribution is 0.0756. The molecule has 24 heavy (non-hydrogen) atoms. The van der Waals surface area contributed by atoms with Crippen molar-refractivity contribution in [3.8, 4) is 6.07 Å². The Bertz CT molecular complexity index is 806. The molecule has 0 radical (unpaired) electrons. The van der Waals surface area contributed by atoms with E-state index in [1.54, 1.807) is 16.2 Å². The van der Waals surface area contributed by atoms with Crippen LogP contribution in [0, 0.1) is 18.3 Å². The van der Waals surface area contributed by atoms with Crippen LogP contribution in [0.25, 0.3) is 0 Å². The molecule has 0 fully saturated rings. The summed E-state index contributed by atoms with van der Waals surface area (Å²) in [5.74, 6) is -0.0452. The number of nitriles is 1. The molecule has 1 aromatic heterocycles. The van der Waals surface area contributed by atoms with E-state index in [-0.39, 0.29) is 5.91 Å². The highest BCUT2D eigenvalue weighted by Crippen LogP contribution is 2.38. The highest BCUT2D eigenvalue weighted by Gasteiger charge is 2.38. The van der Waals surface area contributed by atoms with Crippen LogP contribution in [0.5, 0.6) is 0 Å².